The molecule has 5 heteroatoms. The molecular formula is C23H29N3OS. The van der Waals surface area contributed by atoms with Crippen LogP contribution in [0.15, 0.2) is 41.6 Å². The number of carbonyl (C=O) groups excluding carboxylic acids is 1. The highest BCUT2D eigenvalue weighted by atomic mass is 32.2. The van der Waals surface area contributed by atoms with Gasteiger partial charge in [0.2, 0.25) is 5.91 Å². The molecule has 1 aromatic carbocycles. The molecule has 4 nitrogen and oxygen atoms in total. The van der Waals surface area contributed by atoms with E-state index in [0.29, 0.717) is 18.3 Å². The zero-order valence-corrected chi connectivity index (χ0v) is 17.7. The van der Waals surface area contributed by atoms with Crippen LogP contribution in [0.4, 0.5) is 0 Å². The van der Waals surface area contributed by atoms with Crippen molar-refractivity contribution in [3.63, 3.8) is 0 Å². The second-order valence-electron chi connectivity index (χ2n) is 7.85. The van der Waals surface area contributed by atoms with Gasteiger partial charge in [0.25, 0.3) is 0 Å². The largest absolute Gasteiger partial charge is 0.338 e. The number of rotatable bonds is 5. The quantitative estimate of drug-likeness (QED) is 0.667. The molecule has 0 spiro atoms. The molecule has 2 aliphatic rings. The number of aryl methyl sites for hydroxylation is 1. The number of amides is 1. The van der Waals surface area contributed by atoms with E-state index in [1.807, 2.05) is 11.0 Å². The Hall–Kier alpha value is -2.01. The van der Waals surface area contributed by atoms with E-state index >= 15 is 0 Å². The summed E-state index contributed by atoms with van der Waals surface area (Å²) in [6.45, 7) is 5.74. The van der Waals surface area contributed by atoms with Crippen molar-refractivity contribution in [1.29, 1.82) is 0 Å². The number of benzene rings is 1. The van der Waals surface area contributed by atoms with Crippen molar-refractivity contribution in [2.24, 2.45) is 0 Å². The SMILES string of the molecule is Cc1nc(SCC(=O)N2CC=C(c3ccccc3)CC2)n(C2CCCC2)c1C. The van der Waals surface area contributed by atoms with Gasteiger partial charge in [0.05, 0.1) is 11.4 Å². The van der Waals surface area contributed by atoms with Gasteiger partial charge in [-0.2, -0.15) is 0 Å². The monoisotopic (exact) mass is 395 g/mol. The van der Waals surface area contributed by atoms with Gasteiger partial charge in [-0.15, -0.1) is 0 Å². The molecule has 148 valence electrons. The van der Waals surface area contributed by atoms with E-state index in [1.54, 1.807) is 11.8 Å². The molecule has 28 heavy (non-hydrogen) atoms. The van der Waals surface area contributed by atoms with Crippen LogP contribution < -0.4 is 0 Å². The van der Waals surface area contributed by atoms with E-state index < -0.39 is 0 Å². The second kappa shape index (κ2) is 8.56. The minimum Gasteiger partial charge on any atom is -0.338 e. The van der Waals surface area contributed by atoms with Gasteiger partial charge >= 0.3 is 0 Å². The summed E-state index contributed by atoms with van der Waals surface area (Å²) < 4.78 is 2.39. The summed E-state index contributed by atoms with van der Waals surface area (Å²) in [5.74, 6) is 0.682. The van der Waals surface area contributed by atoms with Crippen LogP contribution in [-0.4, -0.2) is 39.2 Å². The Bertz CT molecular complexity index is 865. The zero-order valence-electron chi connectivity index (χ0n) is 16.9. The van der Waals surface area contributed by atoms with Crippen LogP contribution in [0.5, 0.6) is 0 Å². The van der Waals surface area contributed by atoms with Gasteiger partial charge in [-0.25, -0.2) is 4.98 Å². The first-order valence-corrected chi connectivity index (χ1v) is 11.3. The van der Waals surface area contributed by atoms with Crippen molar-refractivity contribution < 1.29 is 4.79 Å². The van der Waals surface area contributed by atoms with E-state index in [4.69, 9.17) is 4.98 Å². The van der Waals surface area contributed by atoms with Gasteiger partial charge in [-0.05, 0) is 44.2 Å². The van der Waals surface area contributed by atoms with Crippen molar-refractivity contribution in [3.8, 4) is 0 Å². The first-order chi connectivity index (χ1) is 13.6. The predicted molar refractivity (Wildman–Crippen MR) is 116 cm³/mol. The molecule has 0 radical (unpaired) electrons. The molecule has 0 atom stereocenters. The average molecular weight is 396 g/mol. The Labute approximate surface area is 172 Å². The summed E-state index contributed by atoms with van der Waals surface area (Å²) in [6, 6.07) is 11.0. The molecule has 0 unspecified atom stereocenters. The lowest BCUT2D eigenvalue weighted by molar-refractivity contribution is -0.127. The number of imidazole rings is 1. The van der Waals surface area contributed by atoms with Crippen LogP contribution in [0.2, 0.25) is 0 Å². The van der Waals surface area contributed by atoms with E-state index in [1.165, 1.54) is 42.5 Å². The van der Waals surface area contributed by atoms with Crippen LogP contribution in [0.1, 0.15) is 55.1 Å². The summed E-state index contributed by atoms with van der Waals surface area (Å²) in [4.78, 5) is 19.5. The lowest BCUT2D eigenvalue weighted by Crippen LogP contribution is -2.35. The highest BCUT2D eigenvalue weighted by molar-refractivity contribution is 7.99. The van der Waals surface area contributed by atoms with E-state index in [2.05, 4.69) is 48.8 Å². The third-order valence-electron chi connectivity index (χ3n) is 6.08. The van der Waals surface area contributed by atoms with Crippen LogP contribution in [0.3, 0.4) is 0 Å². The third-order valence-corrected chi connectivity index (χ3v) is 7.01. The highest BCUT2D eigenvalue weighted by Gasteiger charge is 2.24. The Morgan fingerprint density at radius 2 is 1.93 bits per heavy atom. The fourth-order valence-electron chi connectivity index (χ4n) is 4.32. The molecule has 1 amide bonds. The second-order valence-corrected chi connectivity index (χ2v) is 8.79. The van der Waals surface area contributed by atoms with Gasteiger partial charge in [0, 0.05) is 24.8 Å². The Morgan fingerprint density at radius 3 is 2.61 bits per heavy atom. The maximum absolute atomic E-state index is 12.8. The minimum absolute atomic E-state index is 0.213. The number of nitrogens with zero attached hydrogens (tertiary/aromatic N) is 3. The first kappa shape index (κ1) is 19.3. The molecule has 1 fully saturated rings. The molecule has 1 aliphatic carbocycles. The standard InChI is InChI=1S/C23H29N3OS/c1-17-18(2)26(21-10-6-7-11-21)23(24-17)28-16-22(27)25-14-12-20(13-15-25)19-8-4-3-5-9-19/h3-5,8-9,12,21H,6-7,10-11,13-16H2,1-2H3. The van der Waals surface area contributed by atoms with Crippen molar-refractivity contribution in [2.75, 3.05) is 18.8 Å². The lowest BCUT2D eigenvalue weighted by atomic mass is 10.00. The summed E-state index contributed by atoms with van der Waals surface area (Å²) in [6.07, 6.45) is 8.20. The number of carbonyl (C=O) groups is 1. The highest BCUT2D eigenvalue weighted by Crippen LogP contribution is 2.35. The maximum atomic E-state index is 12.8. The smallest absolute Gasteiger partial charge is 0.233 e. The molecule has 0 bridgehead atoms. The van der Waals surface area contributed by atoms with Crippen LogP contribution in [-0.2, 0) is 4.79 Å². The molecule has 1 saturated carbocycles. The van der Waals surface area contributed by atoms with Crippen molar-refractivity contribution in [3.05, 3.63) is 53.4 Å². The molecular weight excluding hydrogens is 366 g/mol. The zero-order chi connectivity index (χ0) is 19.5. The number of hydrogen-bond acceptors (Lipinski definition) is 3. The molecule has 2 aromatic rings. The Balaban J connectivity index is 1.38. The van der Waals surface area contributed by atoms with E-state index in [-0.39, 0.29) is 5.91 Å². The fraction of sp³-hybridized carbons (Fsp3) is 0.478. The van der Waals surface area contributed by atoms with Crippen LogP contribution in [0.25, 0.3) is 5.57 Å². The predicted octanol–water partition coefficient (Wildman–Crippen LogP) is 5.02. The Kier molecular flexibility index (Phi) is 5.90. The van der Waals surface area contributed by atoms with Crippen LogP contribution in [0, 0.1) is 13.8 Å². The normalized spacial score (nSPS) is 17.8. The molecule has 0 saturated heterocycles. The first-order valence-electron chi connectivity index (χ1n) is 10.3. The van der Waals surface area contributed by atoms with Crippen LogP contribution >= 0.6 is 11.8 Å². The molecule has 4 rings (SSSR count). The van der Waals surface area contributed by atoms with E-state index in [9.17, 15) is 4.79 Å². The van der Waals surface area contributed by atoms with E-state index in [0.717, 1.165) is 23.8 Å². The third kappa shape index (κ3) is 4.04. The molecule has 0 N–H and O–H groups in total. The average Bonchev–Trinajstić information content (AvgIpc) is 3.35. The van der Waals surface area contributed by atoms with Gasteiger partial charge in [-0.1, -0.05) is 61.0 Å². The summed E-state index contributed by atoms with van der Waals surface area (Å²) in [7, 11) is 0. The van der Waals surface area contributed by atoms with Crippen molar-refractivity contribution in [1.82, 2.24) is 14.5 Å². The number of hydrogen-bond donors (Lipinski definition) is 0. The summed E-state index contributed by atoms with van der Waals surface area (Å²) in [5, 5.41) is 1.02. The molecule has 1 aromatic heterocycles. The van der Waals surface area contributed by atoms with Crippen molar-refractivity contribution in [2.45, 2.75) is 57.1 Å². The summed E-state index contributed by atoms with van der Waals surface area (Å²) in [5.41, 5.74) is 4.97. The van der Waals surface area contributed by atoms with Gasteiger partial charge < -0.3 is 9.47 Å². The fourth-order valence-corrected chi connectivity index (χ4v) is 5.38. The Morgan fingerprint density at radius 1 is 1.18 bits per heavy atom. The number of aromatic nitrogens is 2. The number of thioether (sulfide) groups is 1. The van der Waals surface area contributed by atoms with Gasteiger partial charge in [0.1, 0.15) is 0 Å². The van der Waals surface area contributed by atoms with Gasteiger partial charge in [0.15, 0.2) is 5.16 Å². The minimum atomic E-state index is 0.213. The molecule has 1 aliphatic heterocycles. The molecule has 2 heterocycles. The van der Waals surface area contributed by atoms with Crippen molar-refractivity contribution >= 4 is 23.2 Å². The van der Waals surface area contributed by atoms with Gasteiger partial charge in [-0.3, -0.25) is 4.79 Å². The lowest BCUT2D eigenvalue weighted by Gasteiger charge is -2.26. The summed E-state index contributed by atoms with van der Waals surface area (Å²) >= 11 is 1.61. The topological polar surface area (TPSA) is 38.1 Å². The maximum Gasteiger partial charge on any atom is 0.233 e.